The predicted octanol–water partition coefficient (Wildman–Crippen LogP) is 5.49. The molecule has 1 saturated carbocycles. The lowest BCUT2D eigenvalue weighted by Crippen LogP contribution is -2.36. The summed E-state index contributed by atoms with van der Waals surface area (Å²) in [6.07, 6.45) is -4.57. The number of nitrogens with one attached hydrogen (secondary N) is 2. The van der Waals surface area contributed by atoms with E-state index in [0.29, 0.717) is 65.6 Å². The van der Waals surface area contributed by atoms with Crippen molar-refractivity contribution in [2.75, 3.05) is 43.8 Å². The van der Waals surface area contributed by atoms with Crippen molar-refractivity contribution in [3.05, 3.63) is 94.1 Å². The molecule has 0 bridgehead atoms. The van der Waals surface area contributed by atoms with Gasteiger partial charge in [-0.3, -0.25) is 23.8 Å². The van der Waals surface area contributed by atoms with E-state index < -0.39 is 81.0 Å². The second kappa shape index (κ2) is 14.9. The number of sulfonamides is 1. The molecule has 5 aromatic rings. The maximum Gasteiger partial charge on any atom is 0.435 e. The van der Waals surface area contributed by atoms with Crippen LogP contribution >= 0.6 is 0 Å². The highest BCUT2D eigenvalue weighted by molar-refractivity contribution is 7.92. The standard InChI is InChI=1S/C39H35F7N8O4S/c1-52-34-26(6-3-7-27(34)37(50-52)51-59(2,56)57)25-9-8-24(5-4-10-53-11-13-58-14-12-53)47-33(25)30(17-21-15-22(40)18-23(41)16-21)48-31(55)20-54-36-32(35(49-54)39(44,45)46)28-19-29(28)38(36,42)43/h3,6-9,15-16,18,28-30H,10-14,17,19-20H2,1-2H3,(H,48,55)(H,50,51)/t28-,29?,30-/m0/s1. The summed E-state index contributed by atoms with van der Waals surface area (Å²) >= 11 is 0. The summed E-state index contributed by atoms with van der Waals surface area (Å²) in [4.78, 5) is 20.9. The van der Waals surface area contributed by atoms with Crippen LogP contribution in [0.15, 0.2) is 48.5 Å². The molecule has 1 amide bonds. The summed E-state index contributed by atoms with van der Waals surface area (Å²) in [6, 6.07) is 9.58. The van der Waals surface area contributed by atoms with Crippen molar-refractivity contribution in [3.8, 4) is 23.0 Å². The van der Waals surface area contributed by atoms with Crippen molar-refractivity contribution < 1.29 is 48.7 Å². The molecule has 0 spiro atoms. The van der Waals surface area contributed by atoms with Crippen molar-refractivity contribution in [1.29, 1.82) is 0 Å². The first-order valence-electron chi connectivity index (χ1n) is 18.4. The Labute approximate surface area is 332 Å². The van der Waals surface area contributed by atoms with Crippen LogP contribution in [0.5, 0.6) is 0 Å². The number of fused-ring (bicyclic) bond motifs is 4. The molecule has 1 saturated heterocycles. The Hall–Kier alpha value is -5.52. The molecule has 4 heterocycles. The second-order valence-electron chi connectivity index (χ2n) is 14.8. The van der Waals surface area contributed by atoms with Gasteiger partial charge in [-0.15, -0.1) is 0 Å². The zero-order chi connectivity index (χ0) is 42.0. The number of carbonyl (C=O) groups excluding carboxylic acids is 1. The van der Waals surface area contributed by atoms with Gasteiger partial charge in [0.15, 0.2) is 11.5 Å². The van der Waals surface area contributed by atoms with Crippen LogP contribution in [-0.2, 0) is 51.7 Å². The topological polar surface area (TPSA) is 136 Å². The van der Waals surface area contributed by atoms with Crippen molar-refractivity contribution in [3.63, 3.8) is 0 Å². The SMILES string of the molecule is Cn1nc(NS(C)(=O)=O)c2cccc(-c3ccc(C#CCN4CCOCC4)nc3[C@H](Cc3cc(F)cc(F)c3)NC(=O)Cn3nc(C(F)(F)F)c4c3C(F)(F)C3C[C@H]43)c21. The molecule has 2 N–H and O–H groups in total. The van der Waals surface area contributed by atoms with E-state index in [9.17, 15) is 35.2 Å². The van der Waals surface area contributed by atoms with Gasteiger partial charge in [0.1, 0.15) is 29.6 Å². The van der Waals surface area contributed by atoms with E-state index in [1.165, 1.54) is 4.68 Å². The van der Waals surface area contributed by atoms with Gasteiger partial charge in [-0.05, 0) is 60.6 Å². The smallest absolute Gasteiger partial charge is 0.379 e. The average molecular weight is 845 g/mol. The number of aromatic nitrogens is 5. The number of pyridine rings is 1. The van der Waals surface area contributed by atoms with Gasteiger partial charge in [0.2, 0.25) is 15.9 Å². The number of para-hydroxylation sites is 1. The molecule has 3 aliphatic rings. The number of rotatable bonds is 10. The quantitative estimate of drug-likeness (QED) is 0.139. The van der Waals surface area contributed by atoms with E-state index in [4.69, 9.17) is 9.72 Å². The van der Waals surface area contributed by atoms with E-state index in [2.05, 4.69) is 37.0 Å². The zero-order valence-electron chi connectivity index (χ0n) is 31.4. The first-order valence-corrected chi connectivity index (χ1v) is 20.3. The van der Waals surface area contributed by atoms with E-state index in [-0.39, 0.29) is 35.6 Å². The van der Waals surface area contributed by atoms with Crippen LogP contribution in [0, 0.1) is 29.4 Å². The lowest BCUT2D eigenvalue weighted by Gasteiger charge is -2.24. The normalized spacial score (nSPS) is 19.1. The van der Waals surface area contributed by atoms with Crippen LogP contribution in [0.2, 0.25) is 0 Å². The third-order valence-electron chi connectivity index (χ3n) is 10.5. The Morgan fingerprint density at radius 2 is 1.78 bits per heavy atom. The van der Waals surface area contributed by atoms with Crippen LogP contribution in [-0.4, -0.2) is 82.9 Å². The maximum absolute atomic E-state index is 15.4. The number of morpholine rings is 1. The Kier molecular flexibility index (Phi) is 10.2. The summed E-state index contributed by atoms with van der Waals surface area (Å²) in [5.74, 6) is -2.84. The number of nitrogens with zero attached hydrogens (tertiary/aromatic N) is 6. The Morgan fingerprint density at radius 1 is 1.05 bits per heavy atom. The number of ether oxygens (including phenoxy) is 1. The third kappa shape index (κ3) is 8.10. The summed E-state index contributed by atoms with van der Waals surface area (Å²) < 4.78 is 136. The number of amides is 1. The summed E-state index contributed by atoms with van der Waals surface area (Å²) in [6.45, 7) is 1.72. The first kappa shape index (κ1) is 40.3. The molecule has 8 rings (SSSR count). The minimum Gasteiger partial charge on any atom is -0.379 e. The molecule has 2 aromatic carbocycles. The Balaban J connectivity index is 1.24. The number of hydrogen-bond donors (Lipinski definition) is 2. The van der Waals surface area contributed by atoms with E-state index in [1.807, 2.05) is 0 Å². The maximum atomic E-state index is 15.4. The van der Waals surface area contributed by atoms with E-state index in [0.717, 1.165) is 18.4 Å². The van der Waals surface area contributed by atoms with Gasteiger partial charge >= 0.3 is 6.18 Å². The molecule has 59 heavy (non-hydrogen) atoms. The highest BCUT2D eigenvalue weighted by atomic mass is 32.2. The summed E-state index contributed by atoms with van der Waals surface area (Å²) in [5.41, 5.74) is -1.53. The lowest BCUT2D eigenvalue weighted by atomic mass is 9.93. The zero-order valence-corrected chi connectivity index (χ0v) is 32.2. The molecule has 1 aliphatic heterocycles. The fraction of sp³-hybridized carbons (Fsp3) is 0.385. The van der Waals surface area contributed by atoms with Gasteiger partial charge in [-0.2, -0.15) is 32.1 Å². The second-order valence-corrected chi connectivity index (χ2v) is 16.6. The molecule has 3 aromatic heterocycles. The number of halogens is 7. The minimum atomic E-state index is -5.06. The van der Waals surface area contributed by atoms with Crippen molar-refractivity contribution in [1.82, 2.24) is 34.8 Å². The molecular weight excluding hydrogens is 810 g/mol. The van der Waals surface area contributed by atoms with Gasteiger partial charge in [0.05, 0.1) is 43.3 Å². The average Bonchev–Trinajstić information content (AvgIpc) is 3.70. The third-order valence-corrected chi connectivity index (χ3v) is 11.1. The van der Waals surface area contributed by atoms with Gasteiger partial charge in [0, 0.05) is 54.2 Å². The van der Waals surface area contributed by atoms with Crippen LogP contribution in [0.4, 0.5) is 36.6 Å². The highest BCUT2D eigenvalue weighted by Gasteiger charge is 2.68. The predicted molar refractivity (Wildman–Crippen MR) is 199 cm³/mol. The van der Waals surface area contributed by atoms with Gasteiger partial charge in [-0.1, -0.05) is 18.1 Å². The fourth-order valence-electron chi connectivity index (χ4n) is 7.99. The number of aryl methyl sites for hydroxylation is 1. The lowest BCUT2D eigenvalue weighted by molar-refractivity contribution is -0.142. The van der Waals surface area contributed by atoms with Gasteiger partial charge in [0.25, 0.3) is 5.92 Å². The van der Waals surface area contributed by atoms with E-state index in [1.54, 1.807) is 37.4 Å². The molecule has 12 nitrogen and oxygen atoms in total. The van der Waals surface area contributed by atoms with Crippen molar-refractivity contribution >= 4 is 32.7 Å². The Bertz CT molecular complexity index is 2640. The monoisotopic (exact) mass is 844 g/mol. The molecule has 3 atom stereocenters. The number of alkyl halides is 5. The van der Waals surface area contributed by atoms with Crippen LogP contribution in [0.25, 0.3) is 22.0 Å². The van der Waals surface area contributed by atoms with Gasteiger partial charge in [-0.25, -0.2) is 22.2 Å². The number of anilines is 1. The largest absolute Gasteiger partial charge is 0.435 e. The molecule has 20 heteroatoms. The van der Waals surface area contributed by atoms with E-state index >= 15 is 8.78 Å². The number of hydrogen-bond acceptors (Lipinski definition) is 8. The summed E-state index contributed by atoms with van der Waals surface area (Å²) in [5, 5.41) is 10.9. The van der Waals surface area contributed by atoms with Crippen LogP contribution in [0.3, 0.4) is 0 Å². The number of carbonyl (C=O) groups is 1. The number of benzene rings is 2. The van der Waals surface area contributed by atoms with Crippen molar-refractivity contribution in [2.45, 2.75) is 43.4 Å². The van der Waals surface area contributed by atoms with Gasteiger partial charge < -0.3 is 10.1 Å². The Morgan fingerprint density at radius 3 is 2.47 bits per heavy atom. The fourth-order valence-corrected chi connectivity index (χ4v) is 8.50. The molecule has 1 unspecified atom stereocenters. The van der Waals surface area contributed by atoms with Crippen LogP contribution < -0.4 is 10.0 Å². The summed E-state index contributed by atoms with van der Waals surface area (Å²) in [7, 11) is -2.19. The van der Waals surface area contributed by atoms with Crippen molar-refractivity contribution in [2.24, 2.45) is 13.0 Å². The molecule has 0 radical (unpaired) electrons. The first-order chi connectivity index (χ1) is 27.9. The molecule has 2 aliphatic carbocycles. The highest BCUT2D eigenvalue weighted by Crippen LogP contribution is 2.68. The minimum absolute atomic E-state index is 0.0199. The molecule has 310 valence electrons. The molecular formula is C39H35F7N8O4S. The van der Waals surface area contributed by atoms with Crippen LogP contribution in [0.1, 0.15) is 52.3 Å². The molecule has 2 fully saturated rings.